The van der Waals surface area contributed by atoms with Crippen LogP contribution in [0.15, 0.2) is 0 Å². The number of ether oxygens (including phenoxy) is 1. The monoisotopic (exact) mass is 184 g/mol. The second-order valence-corrected chi connectivity index (χ2v) is 5.27. The van der Waals surface area contributed by atoms with Crippen LogP contribution >= 0.6 is 8.46 Å². The Hall–Kier alpha value is 0.0600. The van der Waals surface area contributed by atoms with Gasteiger partial charge in [0.25, 0.3) is 0 Å². The number of hydrogen-bond donors (Lipinski definition) is 0. The van der Waals surface area contributed by atoms with Crippen molar-refractivity contribution in [1.82, 2.24) is 0 Å². The van der Waals surface area contributed by atoms with E-state index < -0.39 is 0 Å². The molecule has 5 atom stereocenters. The molecule has 0 amide bonds. The van der Waals surface area contributed by atoms with Crippen LogP contribution in [0.4, 0.5) is 0 Å². The minimum atomic E-state index is 0.323. The van der Waals surface area contributed by atoms with E-state index in [1.807, 2.05) is 0 Å². The van der Waals surface area contributed by atoms with Crippen molar-refractivity contribution in [2.45, 2.75) is 43.6 Å². The molecule has 0 N–H and O–H groups in total. The van der Waals surface area contributed by atoms with Crippen LogP contribution in [0.2, 0.25) is 0 Å². The van der Waals surface area contributed by atoms with E-state index in [0.29, 0.717) is 32.2 Å². The van der Waals surface area contributed by atoms with Crippen molar-refractivity contribution in [1.29, 1.82) is 0 Å². The Morgan fingerprint density at radius 2 is 2.08 bits per heavy atom. The first-order valence-electron chi connectivity index (χ1n) is 4.84. The molecule has 2 saturated carbocycles. The lowest BCUT2D eigenvalue weighted by Crippen LogP contribution is -2.52. The summed E-state index contributed by atoms with van der Waals surface area (Å²) in [6.45, 7) is 0. The van der Waals surface area contributed by atoms with Crippen LogP contribution in [-0.2, 0) is 9.30 Å². The SMILES string of the molecule is O=PC1C2CC3CC(C2)OC1C3. The number of hydrogen-bond acceptors (Lipinski definition) is 2. The fourth-order valence-electron chi connectivity index (χ4n) is 3.32. The third-order valence-electron chi connectivity index (χ3n) is 3.72. The van der Waals surface area contributed by atoms with E-state index in [-0.39, 0.29) is 0 Å². The Morgan fingerprint density at radius 3 is 2.75 bits per heavy atom. The molecule has 4 bridgehead atoms. The van der Waals surface area contributed by atoms with Crippen LogP contribution in [-0.4, -0.2) is 17.9 Å². The zero-order valence-electron chi connectivity index (χ0n) is 6.98. The minimum Gasteiger partial charge on any atom is -0.374 e. The molecule has 2 nitrogen and oxygen atoms in total. The fourth-order valence-corrected chi connectivity index (χ4v) is 4.06. The van der Waals surface area contributed by atoms with Crippen molar-refractivity contribution in [3.8, 4) is 0 Å². The van der Waals surface area contributed by atoms with Crippen LogP contribution in [0.5, 0.6) is 0 Å². The van der Waals surface area contributed by atoms with Gasteiger partial charge in [0.1, 0.15) is 0 Å². The lowest BCUT2D eigenvalue weighted by molar-refractivity contribution is -0.150. The molecule has 2 aliphatic heterocycles. The molecular formula is C9H13O2P. The molecule has 4 rings (SSSR count). The molecule has 5 unspecified atom stereocenters. The molecule has 3 heteroatoms. The Bertz CT molecular complexity index is 189. The molecule has 0 spiro atoms. The van der Waals surface area contributed by atoms with E-state index in [1.54, 1.807) is 0 Å². The van der Waals surface area contributed by atoms with E-state index in [4.69, 9.17) is 4.74 Å². The first-order valence-corrected chi connectivity index (χ1v) is 5.73. The van der Waals surface area contributed by atoms with E-state index in [1.165, 1.54) is 25.7 Å². The first kappa shape index (κ1) is 7.46. The van der Waals surface area contributed by atoms with Gasteiger partial charge in [-0.15, -0.1) is 0 Å². The standard InChI is InChI=1S/C9H13O2P/c10-12-9-6-1-5-2-7(4-6)11-8(9)3-5/h5-9H,1-4H2. The highest BCUT2D eigenvalue weighted by Gasteiger charge is 2.49. The topological polar surface area (TPSA) is 26.3 Å². The molecule has 4 fully saturated rings. The molecule has 0 aromatic rings. The predicted octanol–water partition coefficient (Wildman–Crippen LogP) is 2.23. The lowest BCUT2D eigenvalue weighted by Gasteiger charge is -2.52. The zero-order valence-corrected chi connectivity index (χ0v) is 7.87. The summed E-state index contributed by atoms with van der Waals surface area (Å²) in [4.78, 5) is 0. The quantitative estimate of drug-likeness (QED) is 0.584. The smallest absolute Gasteiger partial charge is 0.161 e. The summed E-state index contributed by atoms with van der Waals surface area (Å²) < 4.78 is 16.7. The lowest BCUT2D eigenvalue weighted by atomic mass is 9.67. The fraction of sp³-hybridized carbons (Fsp3) is 1.00. The Labute approximate surface area is 73.9 Å². The highest BCUT2D eigenvalue weighted by atomic mass is 31.1. The Morgan fingerprint density at radius 1 is 1.17 bits per heavy atom. The van der Waals surface area contributed by atoms with Gasteiger partial charge >= 0.3 is 0 Å². The highest BCUT2D eigenvalue weighted by Crippen LogP contribution is 2.51. The van der Waals surface area contributed by atoms with Gasteiger partial charge in [0.15, 0.2) is 8.46 Å². The van der Waals surface area contributed by atoms with Crippen molar-refractivity contribution >= 4 is 8.46 Å². The molecule has 4 aliphatic rings. The van der Waals surface area contributed by atoms with Gasteiger partial charge in [0.2, 0.25) is 0 Å². The first-order chi connectivity index (χ1) is 5.86. The summed E-state index contributed by atoms with van der Waals surface area (Å²) in [6.07, 6.45) is 5.79. The summed E-state index contributed by atoms with van der Waals surface area (Å²) in [5.41, 5.74) is 0.331. The minimum absolute atomic E-state index is 0.323. The maximum Gasteiger partial charge on any atom is 0.161 e. The van der Waals surface area contributed by atoms with Crippen LogP contribution in [0, 0.1) is 11.8 Å². The molecule has 2 saturated heterocycles. The maximum atomic E-state index is 10.9. The van der Waals surface area contributed by atoms with Gasteiger partial charge in [0.05, 0.1) is 17.9 Å². The molecule has 0 aromatic heterocycles. The third-order valence-corrected chi connectivity index (χ3v) is 4.71. The predicted molar refractivity (Wildman–Crippen MR) is 45.5 cm³/mol. The normalized spacial score (nSPS) is 56.5. The molecule has 2 heterocycles. The van der Waals surface area contributed by atoms with E-state index in [9.17, 15) is 4.57 Å². The summed E-state index contributed by atoms with van der Waals surface area (Å²) in [5.74, 6) is 1.60. The summed E-state index contributed by atoms with van der Waals surface area (Å²) in [7, 11) is 0.323. The van der Waals surface area contributed by atoms with E-state index >= 15 is 0 Å². The molecule has 2 aliphatic carbocycles. The van der Waals surface area contributed by atoms with Gasteiger partial charge in [0, 0.05) is 0 Å². The third kappa shape index (κ3) is 0.914. The van der Waals surface area contributed by atoms with Gasteiger partial charge in [-0.05, 0) is 37.5 Å². The van der Waals surface area contributed by atoms with Gasteiger partial charge in [-0.2, -0.15) is 0 Å². The average Bonchev–Trinajstić information content (AvgIpc) is 2.02. The van der Waals surface area contributed by atoms with Crippen molar-refractivity contribution in [3.05, 3.63) is 0 Å². The van der Waals surface area contributed by atoms with Crippen molar-refractivity contribution in [2.24, 2.45) is 11.8 Å². The second-order valence-electron chi connectivity index (χ2n) is 4.46. The number of rotatable bonds is 1. The van der Waals surface area contributed by atoms with Crippen molar-refractivity contribution in [3.63, 3.8) is 0 Å². The molecular weight excluding hydrogens is 171 g/mol. The summed E-state index contributed by atoms with van der Waals surface area (Å²) in [5, 5.41) is 0. The van der Waals surface area contributed by atoms with Crippen LogP contribution < -0.4 is 0 Å². The second kappa shape index (κ2) is 2.52. The molecule has 0 aromatic carbocycles. The Balaban J connectivity index is 1.90. The zero-order chi connectivity index (χ0) is 8.13. The molecule has 0 radical (unpaired) electrons. The van der Waals surface area contributed by atoms with E-state index in [0.717, 1.165) is 5.92 Å². The molecule has 66 valence electrons. The summed E-state index contributed by atoms with van der Waals surface area (Å²) >= 11 is 0. The van der Waals surface area contributed by atoms with Gasteiger partial charge in [-0.1, -0.05) is 0 Å². The largest absolute Gasteiger partial charge is 0.374 e. The van der Waals surface area contributed by atoms with Gasteiger partial charge < -0.3 is 4.74 Å². The average molecular weight is 184 g/mol. The Kier molecular flexibility index (Phi) is 1.57. The van der Waals surface area contributed by atoms with Crippen molar-refractivity contribution in [2.75, 3.05) is 0 Å². The van der Waals surface area contributed by atoms with Crippen LogP contribution in [0.25, 0.3) is 0 Å². The maximum absolute atomic E-state index is 10.9. The van der Waals surface area contributed by atoms with Crippen LogP contribution in [0.3, 0.4) is 0 Å². The van der Waals surface area contributed by atoms with Crippen LogP contribution in [0.1, 0.15) is 25.7 Å². The molecule has 12 heavy (non-hydrogen) atoms. The summed E-state index contributed by atoms with van der Waals surface area (Å²) in [6, 6.07) is 0. The highest BCUT2D eigenvalue weighted by molar-refractivity contribution is 7.24. The van der Waals surface area contributed by atoms with Gasteiger partial charge in [-0.3, -0.25) is 4.57 Å². The van der Waals surface area contributed by atoms with E-state index in [2.05, 4.69) is 0 Å². The van der Waals surface area contributed by atoms with Gasteiger partial charge in [-0.25, -0.2) is 0 Å². The van der Waals surface area contributed by atoms with Crippen molar-refractivity contribution < 1.29 is 9.30 Å².